The minimum atomic E-state index is -0.231. The van der Waals surface area contributed by atoms with Crippen molar-refractivity contribution < 1.29 is 13.6 Å². The number of benzene rings is 2. The molecule has 1 atom stereocenters. The number of fused-ring (bicyclic) bond motifs is 1. The van der Waals surface area contributed by atoms with Crippen LogP contribution in [0.2, 0.25) is 0 Å². The van der Waals surface area contributed by atoms with Gasteiger partial charge < -0.3 is 14.2 Å². The minimum Gasteiger partial charge on any atom is -0.455 e. The number of para-hydroxylation sites is 1. The second-order valence-electron chi connectivity index (χ2n) is 6.56. The molecule has 4 aromatic rings. The van der Waals surface area contributed by atoms with Crippen LogP contribution in [-0.4, -0.2) is 10.9 Å². The van der Waals surface area contributed by atoms with Gasteiger partial charge in [0.05, 0.1) is 11.8 Å². The maximum atomic E-state index is 12.4. The van der Waals surface area contributed by atoms with Crippen LogP contribution in [-0.2, 0) is 5.75 Å². The molecule has 1 N–H and O–H groups in total. The lowest BCUT2D eigenvalue weighted by atomic mass is 10.1. The van der Waals surface area contributed by atoms with Crippen molar-refractivity contribution in [2.24, 2.45) is 0 Å². The topological polar surface area (TPSA) is 68.3 Å². The third kappa shape index (κ3) is 3.97. The van der Waals surface area contributed by atoms with Crippen molar-refractivity contribution in [2.45, 2.75) is 30.9 Å². The number of oxazole rings is 1. The Morgan fingerprint density at radius 3 is 2.68 bits per heavy atom. The summed E-state index contributed by atoms with van der Waals surface area (Å²) in [6.07, 6.45) is 0. The average molecular weight is 392 g/mol. The van der Waals surface area contributed by atoms with Crippen molar-refractivity contribution in [1.29, 1.82) is 0 Å². The van der Waals surface area contributed by atoms with Crippen molar-refractivity contribution in [3.05, 3.63) is 83.3 Å². The Balaban J connectivity index is 1.38. The molecule has 0 aliphatic rings. The molecular weight excluding hydrogens is 372 g/mol. The number of furan rings is 1. The third-order valence-corrected chi connectivity index (χ3v) is 5.32. The minimum absolute atomic E-state index is 0.0976. The van der Waals surface area contributed by atoms with Gasteiger partial charge in [0.2, 0.25) is 0 Å². The van der Waals surface area contributed by atoms with Crippen molar-refractivity contribution in [3.63, 3.8) is 0 Å². The Kier molecular flexibility index (Phi) is 5.21. The van der Waals surface area contributed by atoms with E-state index in [1.807, 2.05) is 68.4 Å². The first kappa shape index (κ1) is 18.4. The number of nitrogens with zero attached hydrogens (tertiary/aromatic N) is 1. The Bertz CT molecular complexity index is 1100. The smallest absolute Gasteiger partial charge is 0.287 e. The molecule has 0 radical (unpaired) electrons. The van der Waals surface area contributed by atoms with Gasteiger partial charge in [0.25, 0.3) is 11.1 Å². The molecule has 0 fully saturated rings. The first-order chi connectivity index (χ1) is 13.6. The molecule has 0 spiro atoms. The number of hydrogen-bond donors (Lipinski definition) is 1. The van der Waals surface area contributed by atoms with Crippen LogP contribution in [0.3, 0.4) is 0 Å². The highest BCUT2D eigenvalue weighted by Crippen LogP contribution is 2.28. The molecule has 0 bridgehead atoms. The van der Waals surface area contributed by atoms with Gasteiger partial charge in [-0.15, -0.1) is 0 Å². The fourth-order valence-corrected chi connectivity index (χ4v) is 3.66. The van der Waals surface area contributed by atoms with Crippen LogP contribution >= 0.6 is 11.8 Å². The number of nitrogens with one attached hydrogen (secondary N) is 1. The number of thioether (sulfide) groups is 1. The van der Waals surface area contributed by atoms with Crippen LogP contribution in [0.15, 0.2) is 74.7 Å². The Labute approximate surface area is 167 Å². The van der Waals surface area contributed by atoms with Gasteiger partial charge in [0.1, 0.15) is 11.3 Å². The monoisotopic (exact) mass is 392 g/mol. The summed E-state index contributed by atoms with van der Waals surface area (Å²) in [6, 6.07) is 19.1. The van der Waals surface area contributed by atoms with Crippen LogP contribution in [0.1, 0.15) is 40.4 Å². The van der Waals surface area contributed by atoms with Crippen LogP contribution in [0.4, 0.5) is 0 Å². The zero-order valence-corrected chi connectivity index (χ0v) is 16.5. The number of carbonyl (C=O) groups excluding carboxylic acids is 1. The Morgan fingerprint density at radius 1 is 1.07 bits per heavy atom. The van der Waals surface area contributed by atoms with Gasteiger partial charge in [0.15, 0.2) is 11.3 Å². The molecule has 2 aromatic heterocycles. The molecule has 5 nitrogen and oxygen atoms in total. The molecule has 4 rings (SSSR count). The van der Waals surface area contributed by atoms with E-state index in [0.29, 0.717) is 22.5 Å². The molecule has 0 saturated carbocycles. The molecule has 0 aliphatic carbocycles. The number of carbonyl (C=O) groups is 1. The zero-order chi connectivity index (χ0) is 19.5. The van der Waals surface area contributed by atoms with Gasteiger partial charge >= 0.3 is 0 Å². The van der Waals surface area contributed by atoms with Crippen molar-refractivity contribution in [3.8, 4) is 0 Å². The van der Waals surface area contributed by atoms with Gasteiger partial charge in [0, 0.05) is 0 Å². The van der Waals surface area contributed by atoms with Gasteiger partial charge in [-0.05, 0) is 43.2 Å². The van der Waals surface area contributed by atoms with E-state index < -0.39 is 0 Å². The summed E-state index contributed by atoms with van der Waals surface area (Å²) < 4.78 is 11.5. The lowest BCUT2D eigenvalue weighted by Gasteiger charge is -2.13. The van der Waals surface area contributed by atoms with Crippen LogP contribution < -0.4 is 5.32 Å². The van der Waals surface area contributed by atoms with E-state index in [1.165, 1.54) is 11.8 Å². The summed E-state index contributed by atoms with van der Waals surface area (Å²) in [7, 11) is 0. The lowest BCUT2D eigenvalue weighted by molar-refractivity contribution is 0.0910. The van der Waals surface area contributed by atoms with Gasteiger partial charge in [-0.2, -0.15) is 0 Å². The third-order valence-electron chi connectivity index (χ3n) is 4.47. The molecule has 142 valence electrons. The normalized spacial score (nSPS) is 12.2. The van der Waals surface area contributed by atoms with Gasteiger partial charge in [-0.3, -0.25) is 4.79 Å². The number of aromatic nitrogens is 1. The second kappa shape index (κ2) is 7.94. The highest BCUT2D eigenvalue weighted by molar-refractivity contribution is 7.98. The molecule has 2 aromatic carbocycles. The van der Waals surface area contributed by atoms with Crippen molar-refractivity contribution >= 4 is 28.8 Å². The largest absolute Gasteiger partial charge is 0.455 e. The summed E-state index contributed by atoms with van der Waals surface area (Å²) >= 11 is 1.44. The van der Waals surface area contributed by atoms with Crippen LogP contribution in [0, 0.1) is 6.92 Å². The quantitative estimate of drug-likeness (QED) is 0.438. The fourth-order valence-electron chi connectivity index (χ4n) is 2.93. The lowest BCUT2D eigenvalue weighted by Crippen LogP contribution is -2.26. The highest BCUT2D eigenvalue weighted by Gasteiger charge is 2.16. The molecule has 28 heavy (non-hydrogen) atoms. The van der Waals surface area contributed by atoms with Crippen LogP contribution in [0.25, 0.3) is 11.1 Å². The van der Waals surface area contributed by atoms with E-state index in [9.17, 15) is 4.79 Å². The summed E-state index contributed by atoms with van der Waals surface area (Å²) in [5, 5.41) is 3.54. The van der Waals surface area contributed by atoms with E-state index >= 15 is 0 Å². The van der Waals surface area contributed by atoms with Crippen molar-refractivity contribution in [2.75, 3.05) is 0 Å². The molecule has 0 saturated heterocycles. The summed E-state index contributed by atoms with van der Waals surface area (Å²) in [4.78, 5) is 16.9. The molecule has 6 heteroatoms. The van der Waals surface area contributed by atoms with E-state index in [-0.39, 0.29) is 11.9 Å². The van der Waals surface area contributed by atoms with Gasteiger partial charge in [-0.25, -0.2) is 4.98 Å². The number of rotatable bonds is 6. The number of amides is 1. The number of hydrogen-bond acceptors (Lipinski definition) is 5. The van der Waals surface area contributed by atoms with E-state index in [4.69, 9.17) is 8.83 Å². The number of aryl methyl sites for hydroxylation is 1. The average Bonchev–Trinajstić information content (AvgIpc) is 3.34. The van der Waals surface area contributed by atoms with E-state index in [0.717, 1.165) is 22.2 Å². The Hall–Kier alpha value is -2.99. The molecule has 0 aliphatic heterocycles. The van der Waals surface area contributed by atoms with Crippen molar-refractivity contribution in [1.82, 2.24) is 10.3 Å². The molecular formula is C22H20N2O3S. The molecule has 1 amide bonds. The second-order valence-corrected chi connectivity index (χ2v) is 7.49. The zero-order valence-electron chi connectivity index (χ0n) is 15.6. The Morgan fingerprint density at radius 2 is 1.89 bits per heavy atom. The van der Waals surface area contributed by atoms with Crippen LogP contribution in [0.5, 0.6) is 0 Å². The van der Waals surface area contributed by atoms with Gasteiger partial charge in [-0.1, -0.05) is 54.2 Å². The predicted octanol–water partition coefficient (Wildman–Crippen LogP) is 5.51. The van der Waals surface area contributed by atoms with E-state index in [1.54, 1.807) is 6.07 Å². The maximum absolute atomic E-state index is 12.4. The summed E-state index contributed by atoms with van der Waals surface area (Å²) in [5.74, 6) is 1.30. The summed E-state index contributed by atoms with van der Waals surface area (Å²) in [6.45, 7) is 3.95. The highest BCUT2D eigenvalue weighted by atomic mass is 32.2. The maximum Gasteiger partial charge on any atom is 0.287 e. The summed E-state index contributed by atoms with van der Waals surface area (Å²) in [5.41, 5.74) is 3.78. The SMILES string of the molecule is Cc1cccc2oc(SCc3ccc(C(=O)NC(C)c4ccccc4)o3)nc12. The molecule has 1 unspecified atom stereocenters. The first-order valence-electron chi connectivity index (χ1n) is 9.03. The molecule has 2 heterocycles. The fraction of sp³-hybridized carbons (Fsp3) is 0.182. The standard InChI is InChI=1S/C22H20N2O3S/c1-14-7-6-10-18-20(14)24-22(27-18)28-13-17-11-12-19(26-17)21(25)23-15(2)16-8-4-3-5-9-16/h3-12,15H,13H2,1-2H3,(H,23,25). The predicted molar refractivity (Wildman–Crippen MR) is 109 cm³/mol. The van der Waals surface area contributed by atoms with E-state index in [2.05, 4.69) is 10.3 Å². The first-order valence-corrected chi connectivity index (χ1v) is 10.0.